The molecule has 0 nitrogen and oxygen atoms in total. The lowest BCUT2D eigenvalue weighted by Gasteiger charge is -2.05. The van der Waals surface area contributed by atoms with E-state index in [-0.39, 0.29) is 0 Å². The van der Waals surface area contributed by atoms with E-state index in [1.54, 1.807) is 0 Å². The zero-order valence-electron chi connectivity index (χ0n) is 12.8. The van der Waals surface area contributed by atoms with E-state index in [4.69, 9.17) is 11.6 Å². The Morgan fingerprint density at radius 3 is 2.14 bits per heavy atom. The molecule has 21 heavy (non-hydrogen) atoms. The topological polar surface area (TPSA) is 0 Å². The minimum absolute atomic E-state index is 0.847. The molecule has 0 saturated heterocycles. The van der Waals surface area contributed by atoms with Gasteiger partial charge in [0, 0.05) is 4.48 Å². The predicted octanol–water partition coefficient (Wildman–Crippen LogP) is 7.69. The number of rotatable bonds is 11. The van der Waals surface area contributed by atoms with Gasteiger partial charge in [0.2, 0.25) is 0 Å². The van der Waals surface area contributed by atoms with Gasteiger partial charge in [0.05, 0.1) is 5.03 Å². The molecule has 0 aromatic heterocycles. The number of unbranched alkanes of at least 4 members (excludes halogenated alkanes) is 7. The molecule has 1 rings (SSSR count). The summed E-state index contributed by atoms with van der Waals surface area (Å²) in [6.07, 6.45) is 13.4. The number of benzene rings is 1. The highest BCUT2D eigenvalue weighted by Crippen LogP contribution is 2.30. The van der Waals surface area contributed by atoms with Gasteiger partial charge < -0.3 is 0 Å². The number of hydrogen-bond acceptors (Lipinski definition) is 0. The van der Waals surface area contributed by atoms with E-state index in [1.165, 1.54) is 44.9 Å². The maximum absolute atomic E-state index is 6.39. The van der Waals surface area contributed by atoms with Crippen LogP contribution in [0, 0.1) is 0 Å². The zero-order chi connectivity index (χ0) is 15.3. The molecule has 1 aromatic carbocycles. The van der Waals surface area contributed by atoms with Crippen LogP contribution >= 0.6 is 27.5 Å². The van der Waals surface area contributed by atoms with Crippen LogP contribution in [-0.2, 0) is 0 Å². The van der Waals surface area contributed by atoms with E-state index in [9.17, 15) is 0 Å². The standard InChI is InChI=1S/C19H26BrCl/c1-2-3-4-5-6-7-8-9-13-16-18(20)19(21)17-14-11-10-12-15-17/h2,10-12,14-15H,1,3-9,13,16H2/b19-18-. The first-order valence-electron chi connectivity index (χ1n) is 7.96. The van der Waals surface area contributed by atoms with Crippen molar-refractivity contribution in [2.24, 2.45) is 0 Å². The molecule has 0 saturated carbocycles. The van der Waals surface area contributed by atoms with Gasteiger partial charge in [-0.25, -0.2) is 0 Å². The minimum atomic E-state index is 0.847. The fourth-order valence-electron chi connectivity index (χ4n) is 2.30. The number of hydrogen-bond donors (Lipinski definition) is 0. The van der Waals surface area contributed by atoms with Crippen LogP contribution in [0.3, 0.4) is 0 Å². The fraction of sp³-hybridized carbons (Fsp3) is 0.474. The molecule has 0 aliphatic carbocycles. The molecule has 2 heteroatoms. The molecule has 0 spiro atoms. The Morgan fingerprint density at radius 2 is 1.52 bits per heavy atom. The first-order valence-corrected chi connectivity index (χ1v) is 9.13. The quantitative estimate of drug-likeness (QED) is 0.277. The summed E-state index contributed by atoms with van der Waals surface area (Å²) in [5.41, 5.74) is 1.09. The third-order valence-electron chi connectivity index (χ3n) is 3.57. The van der Waals surface area contributed by atoms with Crippen molar-refractivity contribution >= 4 is 32.6 Å². The predicted molar refractivity (Wildman–Crippen MR) is 99.9 cm³/mol. The van der Waals surface area contributed by atoms with Crippen molar-refractivity contribution in [2.75, 3.05) is 0 Å². The van der Waals surface area contributed by atoms with E-state index in [1.807, 2.05) is 36.4 Å². The van der Waals surface area contributed by atoms with E-state index < -0.39 is 0 Å². The van der Waals surface area contributed by atoms with Gasteiger partial charge in [0.15, 0.2) is 0 Å². The fourth-order valence-corrected chi connectivity index (χ4v) is 3.03. The smallest absolute Gasteiger partial charge is 0.0579 e. The Kier molecular flexibility index (Phi) is 10.6. The van der Waals surface area contributed by atoms with Crippen LogP contribution < -0.4 is 0 Å². The molecule has 0 fully saturated rings. The highest BCUT2D eigenvalue weighted by atomic mass is 79.9. The molecular weight excluding hydrogens is 344 g/mol. The van der Waals surface area contributed by atoms with Crippen LogP contribution in [0.15, 0.2) is 47.5 Å². The van der Waals surface area contributed by atoms with Crippen molar-refractivity contribution in [3.63, 3.8) is 0 Å². The Labute approximate surface area is 143 Å². The van der Waals surface area contributed by atoms with E-state index >= 15 is 0 Å². The van der Waals surface area contributed by atoms with E-state index in [0.29, 0.717) is 0 Å². The summed E-state index contributed by atoms with van der Waals surface area (Å²) in [4.78, 5) is 0. The van der Waals surface area contributed by atoms with Gasteiger partial charge >= 0.3 is 0 Å². The van der Waals surface area contributed by atoms with Gasteiger partial charge in [-0.05, 0) is 31.2 Å². The molecule has 0 bridgehead atoms. The third-order valence-corrected chi connectivity index (χ3v) is 5.04. The highest BCUT2D eigenvalue weighted by Gasteiger charge is 2.04. The summed E-state index contributed by atoms with van der Waals surface area (Å²) in [5.74, 6) is 0. The van der Waals surface area contributed by atoms with Gasteiger partial charge in [0.1, 0.15) is 0 Å². The van der Waals surface area contributed by atoms with Gasteiger partial charge in [-0.1, -0.05) is 96.0 Å². The molecule has 0 aliphatic rings. The summed E-state index contributed by atoms with van der Waals surface area (Å²) < 4.78 is 1.13. The van der Waals surface area contributed by atoms with Crippen molar-refractivity contribution in [2.45, 2.75) is 57.8 Å². The molecule has 0 aliphatic heterocycles. The van der Waals surface area contributed by atoms with E-state index in [2.05, 4.69) is 22.5 Å². The lowest BCUT2D eigenvalue weighted by Crippen LogP contribution is -1.84. The molecule has 0 N–H and O–H groups in total. The molecule has 1 aromatic rings. The van der Waals surface area contributed by atoms with Gasteiger partial charge in [-0.15, -0.1) is 6.58 Å². The Bertz CT molecular complexity index is 422. The Balaban J connectivity index is 2.13. The monoisotopic (exact) mass is 368 g/mol. The normalized spacial score (nSPS) is 12.1. The summed E-state index contributed by atoms with van der Waals surface area (Å²) in [6.45, 7) is 3.75. The summed E-state index contributed by atoms with van der Waals surface area (Å²) in [7, 11) is 0. The van der Waals surface area contributed by atoms with Crippen molar-refractivity contribution in [3.05, 3.63) is 53.0 Å². The van der Waals surface area contributed by atoms with Crippen LogP contribution in [0.1, 0.15) is 63.4 Å². The molecular formula is C19H26BrCl. The second-order valence-corrected chi connectivity index (χ2v) is 6.72. The van der Waals surface area contributed by atoms with Crippen molar-refractivity contribution < 1.29 is 0 Å². The molecule has 116 valence electrons. The highest BCUT2D eigenvalue weighted by molar-refractivity contribution is 9.11. The number of halogens is 2. The first kappa shape index (κ1) is 18.5. The van der Waals surface area contributed by atoms with Gasteiger partial charge in [-0.2, -0.15) is 0 Å². The second kappa shape index (κ2) is 12.1. The largest absolute Gasteiger partial charge is 0.103 e. The summed E-state index contributed by atoms with van der Waals surface area (Å²) >= 11 is 10.0. The molecule has 0 unspecified atom stereocenters. The molecule has 0 amide bonds. The number of allylic oxidation sites excluding steroid dienone is 2. The van der Waals surface area contributed by atoms with Crippen LogP contribution in [0.2, 0.25) is 0 Å². The van der Waals surface area contributed by atoms with Crippen LogP contribution in [0.25, 0.3) is 5.03 Å². The Morgan fingerprint density at radius 1 is 0.952 bits per heavy atom. The second-order valence-electron chi connectivity index (χ2n) is 5.39. The van der Waals surface area contributed by atoms with Gasteiger partial charge in [0.25, 0.3) is 0 Å². The average Bonchev–Trinajstić information content (AvgIpc) is 2.53. The maximum atomic E-state index is 6.39. The summed E-state index contributed by atoms with van der Waals surface area (Å²) in [6, 6.07) is 10.1. The minimum Gasteiger partial charge on any atom is -0.103 e. The zero-order valence-corrected chi connectivity index (χ0v) is 15.1. The van der Waals surface area contributed by atoms with Crippen molar-refractivity contribution in [1.82, 2.24) is 0 Å². The van der Waals surface area contributed by atoms with Crippen LogP contribution in [-0.4, -0.2) is 0 Å². The van der Waals surface area contributed by atoms with Crippen LogP contribution in [0.5, 0.6) is 0 Å². The van der Waals surface area contributed by atoms with Crippen molar-refractivity contribution in [1.29, 1.82) is 0 Å². The van der Waals surface area contributed by atoms with Crippen LogP contribution in [0.4, 0.5) is 0 Å². The lowest BCUT2D eigenvalue weighted by atomic mass is 10.1. The lowest BCUT2D eigenvalue weighted by molar-refractivity contribution is 0.583. The molecule has 0 radical (unpaired) electrons. The van der Waals surface area contributed by atoms with E-state index in [0.717, 1.165) is 27.9 Å². The molecule has 0 heterocycles. The molecule has 0 atom stereocenters. The average molecular weight is 370 g/mol. The summed E-state index contributed by atoms with van der Waals surface area (Å²) in [5, 5.41) is 0.847. The SMILES string of the molecule is C=CCCCCCCCCC/C(Br)=C(/Cl)c1ccccc1. The van der Waals surface area contributed by atoms with Gasteiger partial charge in [-0.3, -0.25) is 0 Å². The third kappa shape index (κ3) is 8.48. The van der Waals surface area contributed by atoms with Crippen molar-refractivity contribution in [3.8, 4) is 0 Å². The first-order chi connectivity index (χ1) is 10.3. The Hall–Kier alpha value is -0.530. The maximum Gasteiger partial charge on any atom is 0.0579 e.